The lowest BCUT2D eigenvalue weighted by Crippen LogP contribution is -2.40. The molecule has 0 aliphatic heterocycles. The molecule has 0 bridgehead atoms. The van der Waals surface area contributed by atoms with Crippen LogP contribution in [0.5, 0.6) is 0 Å². The van der Waals surface area contributed by atoms with Crippen molar-refractivity contribution in [1.29, 1.82) is 0 Å². The summed E-state index contributed by atoms with van der Waals surface area (Å²) in [4.78, 5) is 0. The molecule has 0 saturated carbocycles. The van der Waals surface area contributed by atoms with Crippen LogP contribution < -0.4 is 0 Å². The van der Waals surface area contributed by atoms with Crippen molar-refractivity contribution in [1.82, 2.24) is 0 Å². The molecule has 0 unspecified atom stereocenters. The van der Waals surface area contributed by atoms with Crippen LogP contribution in [0.4, 0.5) is 4.39 Å². The summed E-state index contributed by atoms with van der Waals surface area (Å²) in [5.41, 5.74) is 0. The van der Waals surface area contributed by atoms with Crippen molar-refractivity contribution in [2.75, 3.05) is 19.8 Å². The Morgan fingerprint density at radius 2 is 1.82 bits per heavy atom. The Morgan fingerprint density at radius 1 is 1.36 bits per heavy atom. The molecule has 0 aromatic heterocycles. The first kappa shape index (κ1) is 10.8. The molecule has 1 atom stereocenters. The van der Waals surface area contributed by atoms with Gasteiger partial charge in [-0.05, 0) is 0 Å². The lowest BCUT2D eigenvalue weighted by atomic mass is 10.0. The minimum atomic E-state index is -2.44. The molecule has 0 fully saturated rings. The molecule has 6 heteroatoms. The van der Waals surface area contributed by atoms with E-state index in [-0.39, 0.29) is 6.61 Å². The molecule has 0 heterocycles. The van der Waals surface area contributed by atoms with E-state index >= 15 is 0 Å². The maximum Gasteiger partial charge on any atom is 0.255 e. The third-order valence-corrected chi connectivity index (χ3v) is 1.14. The number of aliphatic hydroxyl groups is 3. The number of hydrogen-bond donors (Lipinski definition) is 3. The minimum absolute atomic E-state index is 0.355. The number of ether oxygens (including phenoxy) is 1. The molecule has 0 aromatic carbocycles. The second kappa shape index (κ2) is 4.66. The Bertz CT molecular complexity index is 109. The van der Waals surface area contributed by atoms with Crippen molar-refractivity contribution in [3.8, 4) is 0 Å². The number of hydrogen-bond acceptors (Lipinski definition) is 4. The van der Waals surface area contributed by atoms with Crippen LogP contribution in [0.3, 0.4) is 0 Å². The van der Waals surface area contributed by atoms with Crippen LogP contribution in [0.15, 0.2) is 0 Å². The van der Waals surface area contributed by atoms with Crippen LogP contribution in [0, 0.1) is 0 Å². The maximum absolute atomic E-state index is 12.9. The average Bonchev–Trinajstić information content (AvgIpc) is 2.04. The van der Waals surface area contributed by atoms with Crippen LogP contribution in [-0.4, -0.2) is 54.8 Å². The largest absolute Gasteiger partial charge is 0.394 e. The van der Waals surface area contributed by atoms with Gasteiger partial charge in [-0.3, -0.25) is 0 Å². The summed E-state index contributed by atoms with van der Waals surface area (Å²) < 4.78 is 17.3. The van der Waals surface area contributed by atoms with Gasteiger partial charge in [0.25, 0.3) is 5.85 Å². The van der Waals surface area contributed by atoms with Crippen molar-refractivity contribution >= 4 is 7.85 Å². The first-order chi connectivity index (χ1) is 5.08. The second-order valence-electron chi connectivity index (χ2n) is 2.31. The Labute approximate surface area is 65.0 Å². The molecular formula is C5H12BFO4. The molecular weight excluding hydrogens is 154 g/mol. The third-order valence-electron chi connectivity index (χ3n) is 1.14. The zero-order chi connectivity index (χ0) is 8.91. The summed E-state index contributed by atoms with van der Waals surface area (Å²) >= 11 is 0. The van der Waals surface area contributed by atoms with Gasteiger partial charge in [-0.15, -0.1) is 0 Å². The highest BCUT2D eigenvalue weighted by molar-refractivity contribution is 6.11. The van der Waals surface area contributed by atoms with Crippen molar-refractivity contribution in [2.45, 2.75) is 11.9 Å². The standard InChI is InChI=1S/C5H12BFO4/c6-4(1-8)11-5(7,2-9)3-10/h4,8-10H,1-3,6H2/t4-/m1/s1. The molecule has 0 amide bonds. The molecule has 0 aromatic rings. The number of alkyl halides is 1. The lowest BCUT2D eigenvalue weighted by Gasteiger charge is -2.24. The molecule has 0 spiro atoms. The zero-order valence-electron chi connectivity index (χ0n) is 6.33. The quantitative estimate of drug-likeness (QED) is 0.398. The van der Waals surface area contributed by atoms with E-state index < -0.39 is 25.1 Å². The Morgan fingerprint density at radius 3 is 2.09 bits per heavy atom. The summed E-state index contributed by atoms with van der Waals surface area (Å²) in [5.74, 6) is -2.44. The molecule has 0 aliphatic carbocycles. The van der Waals surface area contributed by atoms with Gasteiger partial charge in [0.2, 0.25) is 0 Å². The van der Waals surface area contributed by atoms with Crippen molar-refractivity contribution < 1.29 is 24.4 Å². The Kier molecular flexibility index (Phi) is 4.59. The highest BCUT2D eigenvalue weighted by atomic mass is 19.2. The van der Waals surface area contributed by atoms with Gasteiger partial charge in [-0.2, -0.15) is 0 Å². The van der Waals surface area contributed by atoms with E-state index in [0.29, 0.717) is 0 Å². The first-order valence-electron chi connectivity index (χ1n) is 3.27. The highest BCUT2D eigenvalue weighted by Crippen LogP contribution is 2.12. The van der Waals surface area contributed by atoms with E-state index in [1.54, 1.807) is 0 Å². The molecule has 0 radical (unpaired) electrons. The van der Waals surface area contributed by atoms with E-state index in [0.717, 1.165) is 0 Å². The predicted octanol–water partition coefficient (Wildman–Crippen LogP) is -2.40. The molecule has 0 aliphatic rings. The SMILES string of the molecule is B[C@@H](CO)OC(F)(CO)CO. The van der Waals surface area contributed by atoms with E-state index in [2.05, 4.69) is 4.74 Å². The minimum Gasteiger partial charge on any atom is -0.394 e. The predicted molar refractivity (Wildman–Crippen MR) is 38.5 cm³/mol. The smallest absolute Gasteiger partial charge is 0.255 e. The lowest BCUT2D eigenvalue weighted by molar-refractivity contribution is -0.207. The van der Waals surface area contributed by atoms with E-state index in [1.807, 2.05) is 0 Å². The molecule has 4 nitrogen and oxygen atoms in total. The maximum atomic E-state index is 12.9. The molecule has 11 heavy (non-hydrogen) atoms. The number of aliphatic hydroxyl groups excluding tert-OH is 3. The summed E-state index contributed by atoms with van der Waals surface area (Å²) in [6, 6.07) is -0.737. The van der Waals surface area contributed by atoms with Gasteiger partial charge in [0.1, 0.15) is 21.1 Å². The van der Waals surface area contributed by atoms with Crippen LogP contribution in [0.2, 0.25) is 0 Å². The summed E-state index contributed by atoms with van der Waals surface area (Å²) in [6.07, 6.45) is 0. The van der Waals surface area contributed by atoms with E-state index in [1.165, 1.54) is 7.85 Å². The topological polar surface area (TPSA) is 69.9 Å². The van der Waals surface area contributed by atoms with Crippen LogP contribution >= 0.6 is 0 Å². The normalized spacial score (nSPS) is 14.9. The van der Waals surface area contributed by atoms with Crippen LogP contribution in [0.25, 0.3) is 0 Å². The molecule has 0 saturated heterocycles. The Hall–Kier alpha value is -0.165. The number of halogens is 1. The fraction of sp³-hybridized carbons (Fsp3) is 1.00. The summed E-state index contributed by atoms with van der Waals surface area (Å²) in [6.45, 7) is -2.20. The van der Waals surface area contributed by atoms with Gasteiger partial charge < -0.3 is 20.1 Å². The second-order valence-corrected chi connectivity index (χ2v) is 2.31. The number of rotatable bonds is 5. The third kappa shape index (κ3) is 3.66. The first-order valence-corrected chi connectivity index (χ1v) is 3.27. The van der Waals surface area contributed by atoms with Gasteiger partial charge >= 0.3 is 0 Å². The Balaban J connectivity index is 3.86. The zero-order valence-corrected chi connectivity index (χ0v) is 6.33. The highest BCUT2D eigenvalue weighted by Gasteiger charge is 2.30. The molecule has 3 N–H and O–H groups in total. The van der Waals surface area contributed by atoms with Crippen molar-refractivity contribution in [2.24, 2.45) is 0 Å². The van der Waals surface area contributed by atoms with Gasteiger partial charge in [-0.25, -0.2) is 4.39 Å². The monoisotopic (exact) mass is 166 g/mol. The van der Waals surface area contributed by atoms with Crippen LogP contribution in [0.1, 0.15) is 0 Å². The van der Waals surface area contributed by atoms with Crippen LogP contribution in [-0.2, 0) is 4.74 Å². The fourth-order valence-corrected chi connectivity index (χ4v) is 0.522. The molecule has 66 valence electrons. The van der Waals surface area contributed by atoms with Crippen molar-refractivity contribution in [3.63, 3.8) is 0 Å². The van der Waals surface area contributed by atoms with Gasteiger partial charge in [0.15, 0.2) is 0 Å². The average molecular weight is 166 g/mol. The van der Waals surface area contributed by atoms with Gasteiger partial charge in [0, 0.05) is 0 Å². The van der Waals surface area contributed by atoms with E-state index in [9.17, 15) is 4.39 Å². The fourth-order valence-electron chi connectivity index (χ4n) is 0.522. The van der Waals surface area contributed by atoms with Crippen molar-refractivity contribution in [3.05, 3.63) is 0 Å². The summed E-state index contributed by atoms with van der Waals surface area (Å²) in [5, 5.41) is 25.2. The van der Waals surface area contributed by atoms with Gasteiger partial charge in [-0.1, -0.05) is 0 Å². The molecule has 0 rings (SSSR count). The van der Waals surface area contributed by atoms with Gasteiger partial charge in [0.05, 0.1) is 12.6 Å². The van der Waals surface area contributed by atoms with E-state index in [4.69, 9.17) is 15.3 Å². The summed E-state index contributed by atoms with van der Waals surface area (Å²) in [7, 11) is 1.43.